The van der Waals surface area contributed by atoms with Crippen LogP contribution in [0, 0.1) is 5.92 Å². The fourth-order valence-electron chi connectivity index (χ4n) is 2.76. The first-order valence-electron chi connectivity index (χ1n) is 6.35. The maximum absolute atomic E-state index is 3.77. The Morgan fingerprint density at radius 3 is 2.67 bits per heavy atom. The van der Waals surface area contributed by atoms with Gasteiger partial charge in [0.15, 0.2) is 0 Å². The fraction of sp³-hybridized carbons (Fsp3) is 1.00. The molecule has 0 bridgehead atoms. The summed E-state index contributed by atoms with van der Waals surface area (Å²) < 4.78 is 0. The quantitative estimate of drug-likeness (QED) is 0.768. The molecule has 1 heterocycles. The van der Waals surface area contributed by atoms with Crippen LogP contribution in [-0.2, 0) is 0 Å². The van der Waals surface area contributed by atoms with E-state index in [2.05, 4.69) is 16.9 Å². The molecule has 2 aliphatic rings. The van der Waals surface area contributed by atoms with Crippen molar-refractivity contribution < 1.29 is 0 Å². The van der Waals surface area contributed by atoms with Gasteiger partial charge in [-0.1, -0.05) is 0 Å². The zero-order valence-electron chi connectivity index (χ0n) is 9.80. The molecular formula is C12H24N2S. The standard InChI is InChI=1S/C12H24N2S/c1-15-12-3-2-11(8-12)14-9-10-4-6-13-7-5-10/h10-14H,2-9H2,1H3. The Kier molecular flexibility index (Phi) is 4.79. The summed E-state index contributed by atoms with van der Waals surface area (Å²) in [6, 6.07) is 0.817. The first kappa shape index (κ1) is 11.7. The topological polar surface area (TPSA) is 24.1 Å². The van der Waals surface area contributed by atoms with Crippen molar-refractivity contribution in [2.75, 3.05) is 25.9 Å². The lowest BCUT2D eigenvalue weighted by molar-refractivity contribution is 0.340. The highest BCUT2D eigenvalue weighted by Crippen LogP contribution is 2.28. The molecule has 0 aromatic heterocycles. The molecule has 2 fully saturated rings. The van der Waals surface area contributed by atoms with Crippen molar-refractivity contribution in [2.24, 2.45) is 5.92 Å². The van der Waals surface area contributed by atoms with Crippen LogP contribution in [0.5, 0.6) is 0 Å². The molecule has 0 aromatic rings. The molecule has 3 heteroatoms. The van der Waals surface area contributed by atoms with Gasteiger partial charge in [-0.3, -0.25) is 0 Å². The number of hydrogen-bond donors (Lipinski definition) is 2. The van der Waals surface area contributed by atoms with Gasteiger partial charge in [0.05, 0.1) is 0 Å². The van der Waals surface area contributed by atoms with Gasteiger partial charge in [-0.05, 0) is 63.9 Å². The van der Waals surface area contributed by atoms with Gasteiger partial charge >= 0.3 is 0 Å². The number of thioether (sulfide) groups is 1. The van der Waals surface area contributed by atoms with E-state index in [1.54, 1.807) is 0 Å². The molecule has 1 saturated carbocycles. The summed E-state index contributed by atoms with van der Waals surface area (Å²) in [6.45, 7) is 3.71. The minimum atomic E-state index is 0.817. The highest BCUT2D eigenvalue weighted by atomic mass is 32.2. The maximum Gasteiger partial charge on any atom is 0.00781 e. The zero-order chi connectivity index (χ0) is 10.5. The molecule has 0 radical (unpaired) electrons. The third kappa shape index (κ3) is 3.65. The average Bonchev–Trinajstić information content (AvgIpc) is 2.76. The van der Waals surface area contributed by atoms with E-state index < -0.39 is 0 Å². The zero-order valence-corrected chi connectivity index (χ0v) is 10.6. The van der Waals surface area contributed by atoms with Crippen molar-refractivity contribution in [3.05, 3.63) is 0 Å². The lowest BCUT2D eigenvalue weighted by Gasteiger charge is -2.24. The van der Waals surface area contributed by atoms with Crippen molar-refractivity contribution in [3.63, 3.8) is 0 Å². The predicted octanol–water partition coefficient (Wildman–Crippen LogP) is 1.86. The molecule has 2 nitrogen and oxygen atoms in total. The van der Waals surface area contributed by atoms with Crippen molar-refractivity contribution in [3.8, 4) is 0 Å². The molecule has 15 heavy (non-hydrogen) atoms. The molecule has 0 aromatic carbocycles. The van der Waals surface area contributed by atoms with Gasteiger partial charge < -0.3 is 10.6 Å². The van der Waals surface area contributed by atoms with Crippen molar-refractivity contribution in [1.29, 1.82) is 0 Å². The van der Waals surface area contributed by atoms with E-state index in [4.69, 9.17) is 0 Å². The molecule has 0 amide bonds. The maximum atomic E-state index is 3.77. The fourth-order valence-corrected chi connectivity index (χ4v) is 3.56. The normalized spacial score (nSPS) is 33.4. The molecule has 2 N–H and O–H groups in total. The van der Waals surface area contributed by atoms with Gasteiger partial charge in [-0.25, -0.2) is 0 Å². The van der Waals surface area contributed by atoms with Crippen LogP contribution < -0.4 is 10.6 Å². The average molecular weight is 228 g/mol. The minimum Gasteiger partial charge on any atom is -0.317 e. The Morgan fingerprint density at radius 1 is 1.20 bits per heavy atom. The number of piperidine rings is 1. The summed E-state index contributed by atoms with van der Waals surface area (Å²) in [5.41, 5.74) is 0. The van der Waals surface area contributed by atoms with Crippen LogP contribution in [0.4, 0.5) is 0 Å². The van der Waals surface area contributed by atoms with Crippen molar-refractivity contribution in [2.45, 2.75) is 43.4 Å². The molecule has 1 aliphatic carbocycles. The predicted molar refractivity (Wildman–Crippen MR) is 68.5 cm³/mol. The van der Waals surface area contributed by atoms with Gasteiger partial charge in [0.2, 0.25) is 0 Å². The lowest BCUT2D eigenvalue weighted by Crippen LogP contribution is -2.37. The number of hydrogen-bond acceptors (Lipinski definition) is 3. The van der Waals surface area contributed by atoms with Gasteiger partial charge in [0.1, 0.15) is 0 Å². The summed E-state index contributed by atoms with van der Waals surface area (Å²) in [7, 11) is 0. The van der Waals surface area contributed by atoms with Crippen molar-refractivity contribution in [1.82, 2.24) is 10.6 Å². The van der Waals surface area contributed by atoms with E-state index in [9.17, 15) is 0 Å². The molecular weight excluding hydrogens is 204 g/mol. The van der Waals surface area contributed by atoms with E-state index in [1.807, 2.05) is 11.8 Å². The highest BCUT2D eigenvalue weighted by molar-refractivity contribution is 7.99. The first-order valence-corrected chi connectivity index (χ1v) is 7.64. The van der Waals surface area contributed by atoms with E-state index in [0.717, 1.165) is 17.2 Å². The van der Waals surface area contributed by atoms with Crippen LogP contribution in [0.15, 0.2) is 0 Å². The summed E-state index contributed by atoms with van der Waals surface area (Å²) in [6.07, 6.45) is 9.20. The van der Waals surface area contributed by atoms with Crippen LogP contribution in [0.25, 0.3) is 0 Å². The van der Waals surface area contributed by atoms with Gasteiger partial charge in [-0.2, -0.15) is 11.8 Å². The smallest absolute Gasteiger partial charge is 0.00781 e. The highest BCUT2D eigenvalue weighted by Gasteiger charge is 2.24. The molecule has 2 rings (SSSR count). The Morgan fingerprint density at radius 2 is 2.00 bits per heavy atom. The molecule has 2 unspecified atom stereocenters. The van der Waals surface area contributed by atoms with Crippen LogP contribution in [0.3, 0.4) is 0 Å². The number of nitrogens with one attached hydrogen (secondary N) is 2. The largest absolute Gasteiger partial charge is 0.317 e. The van der Waals surface area contributed by atoms with Crippen molar-refractivity contribution >= 4 is 11.8 Å². The van der Waals surface area contributed by atoms with Crippen LogP contribution in [0.2, 0.25) is 0 Å². The second-order valence-corrected chi connectivity index (χ2v) is 6.11. The second kappa shape index (κ2) is 6.12. The summed E-state index contributed by atoms with van der Waals surface area (Å²) in [5.74, 6) is 0.930. The van der Waals surface area contributed by atoms with E-state index in [-0.39, 0.29) is 0 Å². The third-order valence-electron chi connectivity index (χ3n) is 3.87. The summed E-state index contributed by atoms with van der Waals surface area (Å²) in [5, 5.41) is 8.13. The van der Waals surface area contributed by atoms with Crippen LogP contribution >= 0.6 is 11.8 Å². The molecule has 1 aliphatic heterocycles. The summed E-state index contributed by atoms with van der Waals surface area (Å²) >= 11 is 2.05. The molecule has 2 atom stereocenters. The minimum absolute atomic E-state index is 0.817. The Balaban J connectivity index is 1.61. The van der Waals surface area contributed by atoms with E-state index in [1.165, 1.54) is 51.7 Å². The van der Waals surface area contributed by atoms with E-state index in [0.29, 0.717) is 0 Å². The number of rotatable bonds is 4. The Labute approximate surface area is 98.0 Å². The monoisotopic (exact) mass is 228 g/mol. The lowest BCUT2D eigenvalue weighted by atomic mass is 9.98. The van der Waals surface area contributed by atoms with Gasteiger partial charge in [0.25, 0.3) is 0 Å². The van der Waals surface area contributed by atoms with Gasteiger partial charge in [-0.15, -0.1) is 0 Å². The Hall–Kier alpha value is 0.270. The molecule has 0 spiro atoms. The first-order chi connectivity index (χ1) is 7.38. The van der Waals surface area contributed by atoms with Crippen LogP contribution in [0.1, 0.15) is 32.1 Å². The molecule has 1 saturated heterocycles. The van der Waals surface area contributed by atoms with E-state index >= 15 is 0 Å². The SMILES string of the molecule is CSC1CCC(NCC2CCNCC2)C1. The Bertz CT molecular complexity index is 180. The third-order valence-corrected chi connectivity index (χ3v) is 4.97. The molecule has 88 valence electrons. The second-order valence-electron chi connectivity index (χ2n) is 4.97. The summed E-state index contributed by atoms with van der Waals surface area (Å²) in [4.78, 5) is 0. The van der Waals surface area contributed by atoms with Gasteiger partial charge in [0, 0.05) is 11.3 Å². The van der Waals surface area contributed by atoms with Crippen LogP contribution in [-0.4, -0.2) is 37.2 Å².